The van der Waals surface area contributed by atoms with Crippen molar-refractivity contribution in [1.29, 1.82) is 0 Å². The van der Waals surface area contributed by atoms with Crippen LogP contribution in [0.5, 0.6) is 5.75 Å². The average Bonchev–Trinajstić information content (AvgIpc) is 2.98. The van der Waals surface area contributed by atoms with Crippen LogP contribution in [0, 0.1) is 5.92 Å². The predicted octanol–water partition coefficient (Wildman–Crippen LogP) is 3.43. The Balaban J connectivity index is 1.96. The molecule has 0 bridgehead atoms. The fraction of sp³-hybridized carbons (Fsp3) is 0.368. The fourth-order valence-electron chi connectivity index (χ4n) is 4.01. The third-order valence-corrected chi connectivity index (χ3v) is 5.22. The second kappa shape index (κ2) is 4.97. The van der Waals surface area contributed by atoms with Crippen LogP contribution < -0.4 is 15.4 Å². The van der Waals surface area contributed by atoms with Crippen LogP contribution in [-0.4, -0.2) is 18.4 Å². The minimum Gasteiger partial charge on any atom is -0.426 e. The minimum atomic E-state index is -0.338. The number of hydrogen-bond acceptors (Lipinski definition) is 4. The highest BCUT2D eigenvalue weighted by molar-refractivity contribution is 6.02. The van der Waals surface area contributed by atoms with E-state index in [2.05, 4.69) is 17.6 Å². The normalized spacial score (nSPS) is 23.7. The summed E-state index contributed by atoms with van der Waals surface area (Å²) in [5.74, 6) is 0.742. The SMILES string of the molecule is CC(=O)Nc1ccc2c(OC(C)=O)cc3c(c2c1)[C@]1(CN3)CC1C. The van der Waals surface area contributed by atoms with Gasteiger partial charge < -0.3 is 15.4 Å². The van der Waals surface area contributed by atoms with E-state index >= 15 is 0 Å². The standard InChI is InChI=1S/C19H20N2O3/c1-10-8-19(10)9-20-16-7-17(24-12(3)23)14-5-4-13(21-11(2)22)6-15(14)18(16)19/h4-7,10,20H,8-9H2,1-3H3,(H,21,22)/t10?,19-/m0/s1. The van der Waals surface area contributed by atoms with Crippen LogP contribution in [-0.2, 0) is 15.0 Å². The lowest BCUT2D eigenvalue weighted by atomic mass is 9.90. The molecule has 1 amide bonds. The maximum absolute atomic E-state index is 11.5. The van der Waals surface area contributed by atoms with Gasteiger partial charge in [-0.3, -0.25) is 9.59 Å². The van der Waals surface area contributed by atoms with Crippen LogP contribution >= 0.6 is 0 Å². The number of nitrogens with one attached hydrogen (secondary N) is 2. The van der Waals surface area contributed by atoms with Crippen molar-refractivity contribution in [3.8, 4) is 5.75 Å². The van der Waals surface area contributed by atoms with E-state index in [1.165, 1.54) is 19.4 Å². The topological polar surface area (TPSA) is 67.4 Å². The van der Waals surface area contributed by atoms with Crippen molar-refractivity contribution in [1.82, 2.24) is 0 Å². The maximum atomic E-state index is 11.5. The number of carbonyl (C=O) groups excluding carboxylic acids is 2. The van der Waals surface area contributed by atoms with E-state index in [-0.39, 0.29) is 17.3 Å². The number of benzene rings is 2. The Hall–Kier alpha value is -2.56. The number of ether oxygens (including phenoxy) is 1. The molecule has 1 heterocycles. The molecule has 1 spiro atoms. The molecule has 24 heavy (non-hydrogen) atoms. The van der Waals surface area contributed by atoms with Crippen LogP contribution in [0.2, 0.25) is 0 Å². The van der Waals surface area contributed by atoms with Crippen molar-refractivity contribution in [2.45, 2.75) is 32.6 Å². The molecule has 1 fully saturated rings. The molecule has 0 saturated heterocycles. The van der Waals surface area contributed by atoms with Crippen molar-refractivity contribution >= 4 is 34.0 Å². The van der Waals surface area contributed by atoms with E-state index in [1.54, 1.807) is 0 Å². The molecule has 1 aliphatic carbocycles. The first-order valence-electron chi connectivity index (χ1n) is 8.22. The van der Waals surface area contributed by atoms with Gasteiger partial charge in [0.05, 0.1) is 0 Å². The van der Waals surface area contributed by atoms with Crippen molar-refractivity contribution in [2.24, 2.45) is 5.92 Å². The lowest BCUT2D eigenvalue weighted by Crippen LogP contribution is -2.12. The highest BCUT2D eigenvalue weighted by Gasteiger charge is 2.56. The fourth-order valence-corrected chi connectivity index (χ4v) is 4.01. The number of rotatable bonds is 2. The van der Waals surface area contributed by atoms with Crippen LogP contribution in [0.15, 0.2) is 24.3 Å². The number of amides is 1. The van der Waals surface area contributed by atoms with Gasteiger partial charge in [-0.2, -0.15) is 0 Å². The van der Waals surface area contributed by atoms with E-state index in [9.17, 15) is 9.59 Å². The number of esters is 1. The van der Waals surface area contributed by atoms with Crippen molar-refractivity contribution < 1.29 is 14.3 Å². The molecule has 1 saturated carbocycles. The van der Waals surface area contributed by atoms with Crippen molar-refractivity contribution in [3.05, 3.63) is 29.8 Å². The van der Waals surface area contributed by atoms with Crippen LogP contribution in [0.3, 0.4) is 0 Å². The van der Waals surface area contributed by atoms with Crippen molar-refractivity contribution in [3.63, 3.8) is 0 Å². The average molecular weight is 324 g/mol. The third kappa shape index (κ3) is 2.15. The smallest absolute Gasteiger partial charge is 0.308 e. The molecule has 4 rings (SSSR count). The van der Waals surface area contributed by atoms with Gasteiger partial charge >= 0.3 is 5.97 Å². The molecule has 2 aromatic rings. The van der Waals surface area contributed by atoms with Gasteiger partial charge in [-0.1, -0.05) is 6.92 Å². The molecule has 0 radical (unpaired) electrons. The number of fused-ring (bicyclic) bond motifs is 4. The lowest BCUT2D eigenvalue weighted by Gasteiger charge is -2.16. The van der Waals surface area contributed by atoms with E-state index < -0.39 is 0 Å². The third-order valence-electron chi connectivity index (χ3n) is 5.22. The summed E-state index contributed by atoms with van der Waals surface area (Å²) in [6, 6.07) is 7.67. The lowest BCUT2D eigenvalue weighted by molar-refractivity contribution is -0.131. The first-order valence-corrected chi connectivity index (χ1v) is 8.22. The molecule has 1 aliphatic heterocycles. The summed E-state index contributed by atoms with van der Waals surface area (Å²) in [5, 5.41) is 8.26. The molecule has 5 nitrogen and oxygen atoms in total. The minimum absolute atomic E-state index is 0.102. The Labute approximate surface area is 140 Å². The molecular weight excluding hydrogens is 304 g/mol. The monoisotopic (exact) mass is 324 g/mol. The quantitative estimate of drug-likeness (QED) is 0.656. The molecular formula is C19H20N2O3. The Bertz CT molecular complexity index is 890. The van der Waals surface area contributed by atoms with Gasteiger partial charge in [0.25, 0.3) is 0 Å². The second-order valence-electron chi connectivity index (χ2n) is 6.95. The Morgan fingerprint density at radius 3 is 2.62 bits per heavy atom. The van der Waals surface area contributed by atoms with Gasteiger partial charge in [0.1, 0.15) is 5.75 Å². The summed E-state index contributed by atoms with van der Waals surface area (Å²) in [4.78, 5) is 22.9. The van der Waals surface area contributed by atoms with Crippen molar-refractivity contribution in [2.75, 3.05) is 17.2 Å². The molecule has 2 N–H and O–H groups in total. The Kier molecular flexibility index (Phi) is 3.10. The molecule has 5 heteroatoms. The Morgan fingerprint density at radius 2 is 2.00 bits per heavy atom. The van der Waals surface area contributed by atoms with E-state index in [1.807, 2.05) is 24.3 Å². The first kappa shape index (κ1) is 15.0. The van der Waals surface area contributed by atoms with Gasteiger partial charge in [-0.15, -0.1) is 0 Å². The number of carbonyl (C=O) groups is 2. The summed E-state index contributed by atoms with van der Waals surface area (Å²) in [7, 11) is 0. The van der Waals surface area contributed by atoms with Gasteiger partial charge in [-0.05, 0) is 41.5 Å². The van der Waals surface area contributed by atoms with Gasteiger partial charge in [0.15, 0.2) is 0 Å². The van der Waals surface area contributed by atoms with Crippen LogP contribution in [0.4, 0.5) is 11.4 Å². The first-order chi connectivity index (χ1) is 11.4. The molecule has 2 aromatic carbocycles. The summed E-state index contributed by atoms with van der Waals surface area (Å²) in [5.41, 5.74) is 3.24. The highest BCUT2D eigenvalue weighted by atomic mass is 16.5. The molecule has 2 aliphatic rings. The van der Waals surface area contributed by atoms with E-state index in [4.69, 9.17) is 4.74 Å². The van der Waals surface area contributed by atoms with E-state index in [0.29, 0.717) is 11.7 Å². The predicted molar refractivity (Wildman–Crippen MR) is 93.5 cm³/mol. The summed E-state index contributed by atoms with van der Waals surface area (Å²) in [6.07, 6.45) is 1.15. The zero-order valence-electron chi connectivity index (χ0n) is 14.0. The summed E-state index contributed by atoms with van der Waals surface area (Å²) in [6.45, 7) is 6.07. The molecule has 124 valence electrons. The van der Waals surface area contributed by atoms with Crippen LogP contribution in [0.1, 0.15) is 32.8 Å². The second-order valence-corrected chi connectivity index (χ2v) is 6.95. The maximum Gasteiger partial charge on any atom is 0.308 e. The Morgan fingerprint density at radius 1 is 1.25 bits per heavy atom. The van der Waals surface area contributed by atoms with Gasteiger partial charge in [0, 0.05) is 48.6 Å². The number of anilines is 2. The summed E-state index contributed by atoms with van der Waals surface area (Å²) < 4.78 is 5.42. The molecule has 0 aromatic heterocycles. The number of hydrogen-bond donors (Lipinski definition) is 2. The van der Waals surface area contributed by atoms with E-state index in [0.717, 1.165) is 35.1 Å². The molecule has 2 atom stereocenters. The molecule has 1 unspecified atom stereocenters. The zero-order chi connectivity index (χ0) is 17.1. The van der Waals surface area contributed by atoms with Gasteiger partial charge in [0.2, 0.25) is 5.91 Å². The zero-order valence-corrected chi connectivity index (χ0v) is 14.0. The van der Waals surface area contributed by atoms with Crippen LogP contribution in [0.25, 0.3) is 10.8 Å². The highest BCUT2D eigenvalue weighted by Crippen LogP contribution is 2.61. The summed E-state index contributed by atoms with van der Waals surface area (Å²) >= 11 is 0. The largest absolute Gasteiger partial charge is 0.426 e. The van der Waals surface area contributed by atoms with Gasteiger partial charge in [-0.25, -0.2) is 0 Å².